The summed E-state index contributed by atoms with van der Waals surface area (Å²) in [5.41, 5.74) is 7.73. The second-order valence-corrected chi connectivity index (χ2v) is 7.51. The van der Waals surface area contributed by atoms with Gasteiger partial charge in [0.15, 0.2) is 0 Å². The Hall–Kier alpha value is -0.910. The van der Waals surface area contributed by atoms with Crippen molar-refractivity contribution in [3.63, 3.8) is 0 Å². The van der Waals surface area contributed by atoms with Crippen LogP contribution >= 0.6 is 15.9 Å². The average molecular weight is 380 g/mol. The largest absolute Gasteiger partial charge is 0.339 e. The third kappa shape index (κ3) is 3.95. The zero-order valence-electron chi connectivity index (χ0n) is 13.7. The fourth-order valence-corrected chi connectivity index (χ4v) is 4.08. The SMILES string of the molecule is CCN(C(=O)C1CC(c2ccc(Br)cc2)NN1)C1CCCCC1. The van der Waals surface area contributed by atoms with Crippen LogP contribution in [-0.4, -0.2) is 29.4 Å². The van der Waals surface area contributed by atoms with Crippen LogP contribution in [0.4, 0.5) is 0 Å². The van der Waals surface area contributed by atoms with Gasteiger partial charge in [0.25, 0.3) is 0 Å². The van der Waals surface area contributed by atoms with Crippen molar-refractivity contribution in [2.45, 2.75) is 63.6 Å². The number of hydrazine groups is 1. The third-order valence-electron chi connectivity index (χ3n) is 5.11. The summed E-state index contributed by atoms with van der Waals surface area (Å²) >= 11 is 3.46. The van der Waals surface area contributed by atoms with Crippen LogP contribution in [0.3, 0.4) is 0 Å². The molecule has 0 bridgehead atoms. The Morgan fingerprint density at radius 1 is 1.17 bits per heavy atom. The van der Waals surface area contributed by atoms with Crippen molar-refractivity contribution in [3.05, 3.63) is 34.3 Å². The van der Waals surface area contributed by atoms with Crippen molar-refractivity contribution in [2.24, 2.45) is 0 Å². The van der Waals surface area contributed by atoms with Crippen molar-refractivity contribution in [3.8, 4) is 0 Å². The topological polar surface area (TPSA) is 44.4 Å². The first-order valence-electron chi connectivity index (χ1n) is 8.76. The second-order valence-electron chi connectivity index (χ2n) is 6.60. The van der Waals surface area contributed by atoms with Gasteiger partial charge < -0.3 is 4.90 Å². The van der Waals surface area contributed by atoms with E-state index in [9.17, 15) is 4.79 Å². The van der Waals surface area contributed by atoms with E-state index in [1.54, 1.807) is 0 Å². The first-order chi connectivity index (χ1) is 11.2. The Morgan fingerprint density at radius 3 is 2.52 bits per heavy atom. The number of carbonyl (C=O) groups excluding carboxylic acids is 1. The molecule has 23 heavy (non-hydrogen) atoms. The normalized spacial score (nSPS) is 25.5. The summed E-state index contributed by atoms with van der Waals surface area (Å²) in [6.07, 6.45) is 6.96. The average Bonchev–Trinajstić information content (AvgIpc) is 3.07. The van der Waals surface area contributed by atoms with Crippen LogP contribution in [0.1, 0.15) is 57.1 Å². The van der Waals surface area contributed by atoms with Crippen LogP contribution in [0.15, 0.2) is 28.7 Å². The maximum Gasteiger partial charge on any atom is 0.241 e. The molecule has 2 fully saturated rings. The number of benzene rings is 1. The minimum absolute atomic E-state index is 0.120. The Morgan fingerprint density at radius 2 is 1.87 bits per heavy atom. The standard InChI is InChI=1S/C18H26BrN3O/c1-2-22(15-6-4-3-5-7-15)18(23)17-12-16(20-21-17)13-8-10-14(19)11-9-13/h8-11,15-17,20-21H,2-7,12H2,1H3. The lowest BCUT2D eigenvalue weighted by molar-refractivity contribution is -0.136. The van der Waals surface area contributed by atoms with E-state index < -0.39 is 0 Å². The zero-order chi connectivity index (χ0) is 16.2. The highest BCUT2D eigenvalue weighted by atomic mass is 79.9. The second kappa shape index (κ2) is 7.77. The highest BCUT2D eigenvalue weighted by Gasteiger charge is 2.35. The molecule has 1 aromatic rings. The fourth-order valence-electron chi connectivity index (χ4n) is 3.82. The van der Waals surface area contributed by atoms with E-state index >= 15 is 0 Å². The molecule has 1 saturated carbocycles. The van der Waals surface area contributed by atoms with Gasteiger partial charge in [-0.3, -0.25) is 4.79 Å². The molecule has 1 saturated heterocycles. The number of rotatable bonds is 4. The molecule has 1 heterocycles. The predicted molar refractivity (Wildman–Crippen MR) is 95.8 cm³/mol. The Kier molecular flexibility index (Phi) is 5.72. The van der Waals surface area contributed by atoms with E-state index in [0.29, 0.717) is 6.04 Å². The summed E-state index contributed by atoms with van der Waals surface area (Å²) in [7, 11) is 0. The zero-order valence-corrected chi connectivity index (χ0v) is 15.3. The van der Waals surface area contributed by atoms with E-state index in [2.05, 4.69) is 50.7 Å². The number of amides is 1. The molecular weight excluding hydrogens is 354 g/mol. The first kappa shape index (κ1) is 16.9. The molecule has 5 heteroatoms. The van der Waals surface area contributed by atoms with E-state index in [0.717, 1.165) is 30.3 Å². The summed E-state index contributed by atoms with van der Waals surface area (Å²) < 4.78 is 1.08. The van der Waals surface area contributed by atoms with Gasteiger partial charge in [0.05, 0.1) is 0 Å². The molecule has 0 spiro atoms. The number of carbonyl (C=O) groups is 1. The summed E-state index contributed by atoms with van der Waals surface area (Å²) in [5, 5.41) is 0. The van der Waals surface area contributed by atoms with Gasteiger partial charge in [0, 0.05) is 23.1 Å². The summed E-state index contributed by atoms with van der Waals surface area (Å²) in [6.45, 7) is 2.91. The summed E-state index contributed by atoms with van der Waals surface area (Å²) in [4.78, 5) is 15.0. The van der Waals surface area contributed by atoms with Crippen molar-refractivity contribution < 1.29 is 4.79 Å². The van der Waals surface area contributed by atoms with Crippen LogP contribution in [-0.2, 0) is 4.79 Å². The number of halogens is 1. The van der Waals surface area contributed by atoms with Gasteiger partial charge in [0.2, 0.25) is 5.91 Å². The summed E-state index contributed by atoms with van der Waals surface area (Å²) in [5.74, 6) is 0.256. The highest BCUT2D eigenvalue weighted by molar-refractivity contribution is 9.10. The van der Waals surface area contributed by atoms with Gasteiger partial charge in [-0.05, 0) is 43.9 Å². The van der Waals surface area contributed by atoms with E-state index in [1.165, 1.54) is 24.8 Å². The molecule has 4 nitrogen and oxygen atoms in total. The van der Waals surface area contributed by atoms with E-state index in [4.69, 9.17) is 0 Å². The summed E-state index contributed by atoms with van der Waals surface area (Å²) in [6, 6.07) is 8.82. The minimum atomic E-state index is -0.120. The monoisotopic (exact) mass is 379 g/mol. The van der Waals surface area contributed by atoms with Crippen LogP contribution in [0.2, 0.25) is 0 Å². The molecule has 2 unspecified atom stereocenters. The lowest BCUT2D eigenvalue weighted by atomic mass is 9.93. The lowest BCUT2D eigenvalue weighted by Crippen LogP contribution is -2.50. The number of nitrogens with one attached hydrogen (secondary N) is 2. The van der Waals surface area contributed by atoms with Crippen LogP contribution < -0.4 is 10.9 Å². The van der Waals surface area contributed by atoms with Gasteiger partial charge in [-0.15, -0.1) is 0 Å². The lowest BCUT2D eigenvalue weighted by Gasteiger charge is -2.35. The number of nitrogens with zero attached hydrogens (tertiary/aromatic N) is 1. The van der Waals surface area contributed by atoms with E-state index in [1.807, 2.05) is 12.1 Å². The van der Waals surface area contributed by atoms with Gasteiger partial charge in [-0.2, -0.15) is 0 Å². The van der Waals surface area contributed by atoms with E-state index in [-0.39, 0.29) is 18.0 Å². The van der Waals surface area contributed by atoms with Crippen LogP contribution in [0.25, 0.3) is 0 Å². The molecule has 1 aliphatic carbocycles. The fraction of sp³-hybridized carbons (Fsp3) is 0.611. The number of hydrogen-bond donors (Lipinski definition) is 2. The highest BCUT2D eigenvalue weighted by Crippen LogP contribution is 2.27. The first-order valence-corrected chi connectivity index (χ1v) is 9.55. The molecule has 3 rings (SSSR count). The molecule has 1 amide bonds. The molecule has 2 N–H and O–H groups in total. The number of likely N-dealkylation sites (N-methyl/N-ethyl adjacent to an activating group) is 1. The third-order valence-corrected chi connectivity index (χ3v) is 5.64. The molecule has 0 aromatic heterocycles. The van der Waals surface area contributed by atoms with Gasteiger partial charge >= 0.3 is 0 Å². The van der Waals surface area contributed by atoms with Crippen LogP contribution in [0, 0.1) is 0 Å². The van der Waals surface area contributed by atoms with Crippen molar-refractivity contribution >= 4 is 21.8 Å². The molecule has 1 aliphatic heterocycles. The smallest absolute Gasteiger partial charge is 0.241 e. The van der Waals surface area contributed by atoms with Crippen molar-refractivity contribution in [1.29, 1.82) is 0 Å². The number of hydrogen-bond acceptors (Lipinski definition) is 3. The molecule has 2 aliphatic rings. The molecule has 126 valence electrons. The van der Waals surface area contributed by atoms with Crippen molar-refractivity contribution in [2.75, 3.05) is 6.54 Å². The van der Waals surface area contributed by atoms with Gasteiger partial charge in [-0.1, -0.05) is 47.3 Å². The van der Waals surface area contributed by atoms with Gasteiger partial charge in [0.1, 0.15) is 6.04 Å². The Labute approximate surface area is 147 Å². The predicted octanol–water partition coefficient (Wildman–Crippen LogP) is 3.54. The molecule has 1 aromatic carbocycles. The molecule has 2 atom stereocenters. The van der Waals surface area contributed by atoms with Crippen LogP contribution in [0.5, 0.6) is 0 Å². The maximum atomic E-state index is 12.9. The quantitative estimate of drug-likeness (QED) is 0.840. The maximum absolute atomic E-state index is 12.9. The Balaban J connectivity index is 1.62. The molecular formula is C18H26BrN3O. The minimum Gasteiger partial charge on any atom is -0.339 e. The molecule has 0 radical (unpaired) electrons. The van der Waals surface area contributed by atoms with Crippen molar-refractivity contribution in [1.82, 2.24) is 15.8 Å². The van der Waals surface area contributed by atoms with Gasteiger partial charge in [-0.25, -0.2) is 10.9 Å². The Bertz CT molecular complexity index is 528.